The van der Waals surface area contributed by atoms with Crippen molar-refractivity contribution in [3.8, 4) is 5.75 Å². The van der Waals surface area contributed by atoms with Crippen LogP contribution in [0.5, 0.6) is 5.75 Å². The Kier molecular flexibility index (Phi) is 7.02. The van der Waals surface area contributed by atoms with Gasteiger partial charge in [-0.2, -0.15) is 0 Å². The first-order valence-corrected chi connectivity index (χ1v) is 14.1. The second kappa shape index (κ2) is 9.57. The Morgan fingerprint density at radius 2 is 1.17 bits per heavy atom. The summed E-state index contributed by atoms with van der Waals surface area (Å²) in [4.78, 5) is -0.788. The zero-order valence-corrected chi connectivity index (χ0v) is 21.9. The van der Waals surface area contributed by atoms with Crippen molar-refractivity contribution in [3.05, 3.63) is 86.8 Å². The van der Waals surface area contributed by atoms with E-state index in [-0.39, 0.29) is 52.9 Å². The van der Waals surface area contributed by atoms with Crippen LogP contribution in [0.3, 0.4) is 0 Å². The molecule has 0 heterocycles. The van der Waals surface area contributed by atoms with Crippen LogP contribution in [-0.2, 0) is 20.0 Å². The molecule has 0 saturated heterocycles. The molecule has 4 rings (SSSR count). The number of nitrogens with one attached hydrogen (secondary N) is 2. The average molecular weight is 592 g/mol. The van der Waals surface area contributed by atoms with E-state index in [2.05, 4.69) is 9.44 Å². The molecule has 13 heteroatoms. The smallest absolute Gasteiger partial charge is 0.262 e. The third-order valence-electron chi connectivity index (χ3n) is 4.82. The third kappa shape index (κ3) is 5.55. The minimum atomic E-state index is -4.41. The highest BCUT2D eigenvalue weighted by Crippen LogP contribution is 2.34. The van der Waals surface area contributed by atoms with Crippen molar-refractivity contribution in [3.63, 3.8) is 0 Å². The maximum absolute atomic E-state index is 13.4. The number of hydrogen-bond acceptors (Lipinski definition) is 5. The number of phenols is 1. The van der Waals surface area contributed by atoms with Crippen LogP contribution in [0.2, 0.25) is 20.1 Å². The quantitative estimate of drug-likeness (QED) is 0.229. The minimum absolute atomic E-state index is 0.00966. The first kappa shape index (κ1) is 25.7. The van der Waals surface area contributed by atoms with Crippen molar-refractivity contribution in [2.24, 2.45) is 0 Å². The number of hydrogen-bond donors (Lipinski definition) is 3. The summed E-state index contributed by atoms with van der Waals surface area (Å²) in [5.74, 6) is -0.214. The summed E-state index contributed by atoms with van der Waals surface area (Å²) < 4.78 is 57.8. The summed E-state index contributed by atoms with van der Waals surface area (Å²) in [5.41, 5.74) is 0.00257. The molecule has 0 aliphatic heterocycles. The molecule has 0 saturated carbocycles. The van der Waals surface area contributed by atoms with Crippen LogP contribution < -0.4 is 9.44 Å². The first-order chi connectivity index (χ1) is 16.4. The molecule has 0 radical (unpaired) electrons. The molecule has 3 N–H and O–H groups in total. The Balaban J connectivity index is 1.88. The third-order valence-corrected chi connectivity index (χ3v) is 8.70. The van der Waals surface area contributed by atoms with Crippen molar-refractivity contribution < 1.29 is 21.9 Å². The van der Waals surface area contributed by atoms with Gasteiger partial charge in [0.2, 0.25) is 0 Å². The van der Waals surface area contributed by atoms with Gasteiger partial charge in [0.1, 0.15) is 5.75 Å². The van der Waals surface area contributed by atoms with Crippen molar-refractivity contribution in [1.29, 1.82) is 0 Å². The van der Waals surface area contributed by atoms with Gasteiger partial charge in [-0.3, -0.25) is 9.44 Å². The number of halogens is 4. The molecule has 0 aromatic heterocycles. The van der Waals surface area contributed by atoms with Crippen LogP contribution >= 0.6 is 46.4 Å². The maximum atomic E-state index is 13.4. The van der Waals surface area contributed by atoms with Crippen LogP contribution in [0.1, 0.15) is 0 Å². The van der Waals surface area contributed by atoms with Gasteiger partial charge < -0.3 is 5.11 Å². The molecule has 4 aromatic carbocycles. The van der Waals surface area contributed by atoms with Gasteiger partial charge in [0.05, 0.1) is 31.2 Å². The van der Waals surface area contributed by atoms with Crippen molar-refractivity contribution in [2.75, 3.05) is 9.44 Å². The molecule has 182 valence electrons. The highest BCUT2D eigenvalue weighted by atomic mass is 35.5. The Labute approximate surface area is 221 Å². The summed E-state index contributed by atoms with van der Waals surface area (Å²) in [6, 6.07) is 14.6. The summed E-state index contributed by atoms with van der Waals surface area (Å²) >= 11 is 24.1. The summed E-state index contributed by atoms with van der Waals surface area (Å²) in [6.07, 6.45) is 0. The Morgan fingerprint density at radius 1 is 0.629 bits per heavy atom. The fourth-order valence-corrected chi connectivity index (χ4v) is 6.53. The van der Waals surface area contributed by atoms with Crippen LogP contribution in [0.15, 0.2) is 76.5 Å². The second-order valence-electron chi connectivity index (χ2n) is 7.29. The van der Waals surface area contributed by atoms with Gasteiger partial charge in [-0.25, -0.2) is 16.8 Å². The molecule has 0 aliphatic carbocycles. The summed E-state index contributed by atoms with van der Waals surface area (Å²) in [7, 11) is -8.73. The monoisotopic (exact) mass is 590 g/mol. The van der Waals surface area contributed by atoms with E-state index >= 15 is 0 Å². The number of phenolic OH excluding ortho intramolecular Hbond substituents is 1. The number of sulfonamides is 2. The molecular formula is C22H14Cl4N2O5S2. The maximum Gasteiger partial charge on any atom is 0.262 e. The summed E-state index contributed by atoms with van der Waals surface area (Å²) in [5, 5.41) is 10.9. The number of aromatic hydroxyl groups is 1. The topological polar surface area (TPSA) is 113 Å². The number of fused-ring (bicyclic) bond motifs is 1. The zero-order valence-electron chi connectivity index (χ0n) is 17.3. The van der Waals surface area contributed by atoms with Gasteiger partial charge >= 0.3 is 0 Å². The van der Waals surface area contributed by atoms with Gasteiger partial charge in [-0.15, -0.1) is 0 Å². The molecule has 35 heavy (non-hydrogen) atoms. The number of anilines is 2. The lowest BCUT2D eigenvalue weighted by atomic mass is 10.1. The van der Waals surface area contributed by atoms with E-state index in [0.717, 1.165) is 6.07 Å². The minimum Gasteiger partial charge on any atom is -0.508 e. The van der Waals surface area contributed by atoms with E-state index in [0.29, 0.717) is 0 Å². The van der Waals surface area contributed by atoms with Crippen LogP contribution in [-0.4, -0.2) is 21.9 Å². The van der Waals surface area contributed by atoms with Gasteiger partial charge in [0.25, 0.3) is 20.0 Å². The highest BCUT2D eigenvalue weighted by Gasteiger charge is 2.25. The first-order valence-electron chi connectivity index (χ1n) is 9.58. The molecule has 0 fully saturated rings. The Bertz CT molecular complexity index is 1690. The van der Waals surface area contributed by atoms with Crippen molar-refractivity contribution in [2.45, 2.75) is 9.79 Å². The molecule has 0 atom stereocenters. The standard InChI is InChI=1S/C22H14Cl4N2O5S2/c23-13-2-5-18(25)20(8-13)27-34(30,31)16-7-12-1-4-15(29)10-17(12)22(11-16)35(32,33)28-21-9-14(24)3-6-19(21)26/h1-11,27-29H. The molecule has 0 bridgehead atoms. The van der Waals surface area contributed by atoms with Crippen LogP contribution in [0, 0.1) is 0 Å². The van der Waals surface area contributed by atoms with Crippen molar-refractivity contribution >= 4 is 88.6 Å². The van der Waals surface area contributed by atoms with Crippen LogP contribution in [0.4, 0.5) is 11.4 Å². The second-order valence-corrected chi connectivity index (χ2v) is 12.3. The number of rotatable bonds is 6. The zero-order chi connectivity index (χ0) is 25.5. The molecular weight excluding hydrogens is 578 g/mol. The molecule has 0 unspecified atom stereocenters. The number of benzene rings is 4. The fourth-order valence-electron chi connectivity index (χ4n) is 3.22. The summed E-state index contributed by atoms with van der Waals surface area (Å²) in [6.45, 7) is 0. The van der Waals surface area contributed by atoms with Gasteiger partial charge in [0.15, 0.2) is 0 Å². The lowest BCUT2D eigenvalue weighted by Gasteiger charge is -2.15. The predicted octanol–water partition coefficient (Wildman–Crippen LogP) is 6.76. The van der Waals surface area contributed by atoms with Gasteiger partial charge in [-0.05, 0) is 66.0 Å². The van der Waals surface area contributed by atoms with Crippen LogP contribution in [0.25, 0.3) is 10.8 Å². The van der Waals surface area contributed by atoms with E-state index in [1.807, 2.05) is 0 Å². The van der Waals surface area contributed by atoms with Crippen molar-refractivity contribution in [1.82, 2.24) is 0 Å². The van der Waals surface area contributed by atoms with E-state index in [4.69, 9.17) is 46.4 Å². The SMILES string of the molecule is O=S(=O)(Nc1cc(Cl)ccc1Cl)c1cc(S(=O)(=O)Nc2cc(Cl)ccc2Cl)c2cc(O)ccc2c1. The normalized spacial score (nSPS) is 12.0. The lowest BCUT2D eigenvalue weighted by Crippen LogP contribution is -2.17. The molecule has 7 nitrogen and oxygen atoms in total. The fraction of sp³-hybridized carbons (Fsp3) is 0. The van der Waals surface area contributed by atoms with Gasteiger partial charge in [-0.1, -0.05) is 52.5 Å². The predicted molar refractivity (Wildman–Crippen MR) is 140 cm³/mol. The average Bonchev–Trinajstić information content (AvgIpc) is 2.77. The van der Waals surface area contributed by atoms with E-state index in [1.54, 1.807) is 0 Å². The van der Waals surface area contributed by atoms with E-state index in [1.165, 1.54) is 60.7 Å². The molecule has 4 aromatic rings. The lowest BCUT2D eigenvalue weighted by molar-refractivity contribution is 0.476. The molecule has 0 aliphatic rings. The molecule has 0 spiro atoms. The Hall–Kier alpha value is -2.40. The van der Waals surface area contributed by atoms with E-state index in [9.17, 15) is 21.9 Å². The Morgan fingerprint density at radius 3 is 1.74 bits per heavy atom. The van der Waals surface area contributed by atoms with E-state index < -0.39 is 24.9 Å². The highest BCUT2D eigenvalue weighted by molar-refractivity contribution is 7.93. The largest absolute Gasteiger partial charge is 0.508 e. The van der Waals surface area contributed by atoms with Gasteiger partial charge in [0, 0.05) is 15.4 Å². The molecule has 0 amide bonds.